The molecule has 3 N–H and O–H groups in total. The van der Waals surface area contributed by atoms with Gasteiger partial charge < -0.3 is 20.6 Å². The van der Waals surface area contributed by atoms with Crippen LogP contribution in [0.3, 0.4) is 0 Å². The number of thioether (sulfide) groups is 1. The third kappa shape index (κ3) is 4.39. The zero-order chi connectivity index (χ0) is 22.7. The molecule has 0 saturated carbocycles. The first kappa shape index (κ1) is 22.0. The van der Waals surface area contributed by atoms with E-state index >= 15 is 0 Å². The Kier molecular flexibility index (Phi) is 6.55. The number of aliphatic carboxylic acids is 1. The number of carbonyl (C=O) groups excluding carboxylic acids is 3. The predicted octanol–water partition coefficient (Wildman–Crippen LogP) is 0.909. The van der Waals surface area contributed by atoms with Gasteiger partial charge in [0, 0.05) is 11.1 Å². The zero-order valence-corrected chi connectivity index (χ0v) is 18.2. The summed E-state index contributed by atoms with van der Waals surface area (Å²) in [7, 11) is 0. The molecule has 0 bridgehead atoms. The highest BCUT2D eigenvalue weighted by Gasteiger charge is 2.53. The molecular weight excluding hydrogens is 458 g/mol. The first-order valence-electron chi connectivity index (χ1n) is 9.75. The van der Waals surface area contributed by atoms with Gasteiger partial charge in [-0.2, -0.15) is 0 Å². The van der Waals surface area contributed by atoms with Gasteiger partial charge in [0.25, 0.3) is 11.8 Å². The van der Waals surface area contributed by atoms with Crippen molar-refractivity contribution in [1.82, 2.24) is 15.2 Å². The van der Waals surface area contributed by atoms with E-state index in [1.807, 2.05) is 12.2 Å². The molecule has 1 fully saturated rings. The van der Waals surface area contributed by atoms with Crippen LogP contribution in [0.4, 0.5) is 5.13 Å². The molecule has 3 heterocycles. The monoisotopic (exact) mass is 477 g/mol. The van der Waals surface area contributed by atoms with Crippen LogP contribution >= 0.6 is 23.1 Å². The number of rotatable bonds is 8. The largest absolute Gasteiger partial charge is 0.477 e. The van der Waals surface area contributed by atoms with Crippen molar-refractivity contribution in [2.45, 2.75) is 36.8 Å². The molecule has 168 valence electrons. The lowest BCUT2D eigenvalue weighted by Gasteiger charge is -2.48. The van der Waals surface area contributed by atoms with Crippen LogP contribution in [0.15, 0.2) is 34.5 Å². The van der Waals surface area contributed by atoms with Crippen LogP contribution in [0.5, 0.6) is 0 Å². The molecule has 1 aromatic rings. The Labute approximate surface area is 190 Å². The van der Waals surface area contributed by atoms with E-state index in [9.17, 15) is 24.3 Å². The molecule has 0 radical (unpaired) electrons. The summed E-state index contributed by atoms with van der Waals surface area (Å²) in [5.74, 6) is -1.98. The van der Waals surface area contributed by atoms with Crippen molar-refractivity contribution in [2.75, 3.05) is 11.1 Å². The Morgan fingerprint density at radius 3 is 2.97 bits per heavy atom. The maximum absolute atomic E-state index is 13.0. The summed E-state index contributed by atoms with van der Waals surface area (Å²) in [5.41, 5.74) is -0.0439. The molecule has 2 aliphatic heterocycles. The van der Waals surface area contributed by atoms with Gasteiger partial charge in [-0.15, -0.1) is 23.1 Å². The second-order valence-electron chi connectivity index (χ2n) is 7.02. The molecule has 1 saturated heterocycles. The van der Waals surface area contributed by atoms with Gasteiger partial charge in [0.1, 0.15) is 28.9 Å². The molecule has 0 spiro atoms. The Hall–Kier alpha value is -3.19. The van der Waals surface area contributed by atoms with Crippen LogP contribution in [-0.4, -0.2) is 68.2 Å². The molecule has 2 unspecified atom stereocenters. The quantitative estimate of drug-likeness (QED) is 0.164. The van der Waals surface area contributed by atoms with Gasteiger partial charge in [0.05, 0.1) is 0 Å². The van der Waals surface area contributed by atoms with Crippen molar-refractivity contribution < 1.29 is 29.1 Å². The summed E-state index contributed by atoms with van der Waals surface area (Å²) in [6.45, 7) is 0. The maximum atomic E-state index is 13.0. The Morgan fingerprint density at radius 1 is 1.41 bits per heavy atom. The predicted molar refractivity (Wildman–Crippen MR) is 117 cm³/mol. The zero-order valence-electron chi connectivity index (χ0n) is 16.6. The first-order valence-corrected chi connectivity index (χ1v) is 11.7. The molecule has 0 aromatic carbocycles. The maximum Gasteiger partial charge on any atom is 0.352 e. The fourth-order valence-electron chi connectivity index (χ4n) is 3.44. The van der Waals surface area contributed by atoms with E-state index in [0.29, 0.717) is 12.2 Å². The highest BCUT2D eigenvalue weighted by atomic mass is 32.2. The minimum atomic E-state index is -1.19. The summed E-state index contributed by atoms with van der Waals surface area (Å²) in [6, 6.07) is -0.901. The van der Waals surface area contributed by atoms with Crippen LogP contribution in [0.25, 0.3) is 0 Å². The lowest BCUT2D eigenvalue weighted by atomic mass is 10.0. The first-order chi connectivity index (χ1) is 15.5. The topological polar surface area (TPSA) is 150 Å². The summed E-state index contributed by atoms with van der Waals surface area (Å²) in [5, 5.41) is 19.6. The molecule has 4 rings (SSSR count). The standard InChI is InChI=1S/C19H19N5O6S2/c25-9-20-19-21-11(8-32-19)13(23-30-10-4-2-1-3-5-10)15(26)22-14-16(27)24-12(18(28)29)6-7-31-17(14)24/h2,4,6,8-10,14,17H,1,3,5,7H2,(H,22,26)(H,28,29)(H,20,21,25)/b23-13-/t10?,14?,17-/m1/s1. The van der Waals surface area contributed by atoms with Crippen molar-refractivity contribution in [3.63, 3.8) is 0 Å². The number of aromatic nitrogens is 1. The number of carboxylic acid groups (broad SMARTS) is 1. The minimum absolute atomic E-state index is 0.0883. The van der Waals surface area contributed by atoms with Gasteiger partial charge in [-0.05, 0) is 31.4 Å². The van der Waals surface area contributed by atoms with E-state index in [1.165, 1.54) is 17.8 Å². The van der Waals surface area contributed by atoms with E-state index in [2.05, 4.69) is 20.8 Å². The third-order valence-corrected chi connectivity index (χ3v) is 6.94. The number of oxime groups is 1. The number of β-lactam (4-membered cyclic amide) rings is 1. The van der Waals surface area contributed by atoms with Crippen LogP contribution in [-0.2, 0) is 24.0 Å². The van der Waals surface area contributed by atoms with E-state index in [-0.39, 0.29) is 28.3 Å². The number of amides is 3. The fourth-order valence-corrected chi connectivity index (χ4v) is 5.29. The Bertz CT molecular complexity index is 1040. The van der Waals surface area contributed by atoms with Gasteiger partial charge in [0.15, 0.2) is 10.8 Å². The number of nitrogens with one attached hydrogen (secondary N) is 2. The second kappa shape index (κ2) is 9.53. The molecule has 3 atom stereocenters. The molecule has 13 heteroatoms. The highest BCUT2D eigenvalue weighted by molar-refractivity contribution is 8.00. The van der Waals surface area contributed by atoms with Crippen molar-refractivity contribution in [3.05, 3.63) is 35.0 Å². The average Bonchev–Trinajstić information content (AvgIpc) is 3.26. The number of allylic oxidation sites excluding steroid dienone is 1. The van der Waals surface area contributed by atoms with Crippen molar-refractivity contribution in [1.29, 1.82) is 0 Å². The number of nitrogens with zero attached hydrogens (tertiary/aromatic N) is 3. The average molecular weight is 478 g/mol. The lowest BCUT2D eigenvalue weighted by Crippen LogP contribution is -2.70. The lowest BCUT2D eigenvalue weighted by molar-refractivity contribution is -0.150. The van der Waals surface area contributed by atoms with E-state index < -0.39 is 29.2 Å². The van der Waals surface area contributed by atoms with Gasteiger partial charge >= 0.3 is 5.97 Å². The Morgan fingerprint density at radius 2 is 2.25 bits per heavy atom. The van der Waals surface area contributed by atoms with E-state index in [4.69, 9.17) is 4.84 Å². The van der Waals surface area contributed by atoms with E-state index in [1.54, 1.807) is 5.38 Å². The second-order valence-corrected chi connectivity index (χ2v) is 9.03. The Balaban J connectivity index is 1.52. The number of hydrogen-bond acceptors (Lipinski definition) is 9. The smallest absolute Gasteiger partial charge is 0.352 e. The third-order valence-electron chi connectivity index (χ3n) is 4.99. The highest BCUT2D eigenvalue weighted by Crippen LogP contribution is 2.37. The van der Waals surface area contributed by atoms with E-state index in [0.717, 1.165) is 35.5 Å². The molecule has 1 aromatic heterocycles. The van der Waals surface area contributed by atoms with Gasteiger partial charge in [-0.1, -0.05) is 11.2 Å². The van der Waals surface area contributed by atoms with Crippen LogP contribution in [0.2, 0.25) is 0 Å². The van der Waals surface area contributed by atoms with Crippen LogP contribution in [0, 0.1) is 0 Å². The van der Waals surface area contributed by atoms with Crippen molar-refractivity contribution >= 4 is 58.1 Å². The van der Waals surface area contributed by atoms with Crippen LogP contribution < -0.4 is 10.6 Å². The number of thiazole rings is 1. The van der Waals surface area contributed by atoms with Gasteiger partial charge in [-0.3, -0.25) is 19.3 Å². The van der Waals surface area contributed by atoms with Crippen molar-refractivity contribution in [2.24, 2.45) is 5.16 Å². The summed E-state index contributed by atoms with van der Waals surface area (Å²) >= 11 is 2.46. The number of carboxylic acids is 1. The normalized spacial score (nSPS) is 24.7. The molecular formula is C19H19N5O6S2. The summed E-state index contributed by atoms with van der Waals surface area (Å²) < 4.78 is 0. The number of fused-ring (bicyclic) bond motifs is 1. The minimum Gasteiger partial charge on any atom is -0.477 e. The molecule has 11 nitrogen and oxygen atoms in total. The number of carbonyl (C=O) groups is 4. The molecule has 1 aliphatic carbocycles. The number of anilines is 1. The number of hydrogen-bond donors (Lipinski definition) is 3. The molecule has 32 heavy (non-hydrogen) atoms. The molecule has 3 amide bonds. The SMILES string of the molecule is O=CNc1nc(/C(=N/OC2C=CCCC2)C(=O)NC2C(=O)N3C(C(=O)O)=CCS[C@H]23)cs1. The van der Waals surface area contributed by atoms with Crippen LogP contribution in [0.1, 0.15) is 25.0 Å². The fraction of sp³-hybridized carbons (Fsp3) is 0.368. The van der Waals surface area contributed by atoms with Gasteiger partial charge in [0.2, 0.25) is 6.41 Å². The summed E-state index contributed by atoms with van der Waals surface area (Å²) in [4.78, 5) is 58.5. The molecule has 3 aliphatic rings. The van der Waals surface area contributed by atoms with Gasteiger partial charge in [-0.25, -0.2) is 9.78 Å². The summed E-state index contributed by atoms with van der Waals surface area (Å²) in [6.07, 6.45) is 8.15. The van der Waals surface area contributed by atoms with Crippen molar-refractivity contribution in [3.8, 4) is 0 Å².